The van der Waals surface area contributed by atoms with Crippen molar-refractivity contribution in [2.24, 2.45) is 0 Å². The van der Waals surface area contributed by atoms with E-state index >= 15 is 0 Å². The summed E-state index contributed by atoms with van der Waals surface area (Å²) in [7, 11) is -15.0. The van der Waals surface area contributed by atoms with Crippen LogP contribution in [0.25, 0.3) is 21.5 Å². The van der Waals surface area contributed by atoms with Crippen molar-refractivity contribution in [2.45, 2.75) is 14.7 Å². The van der Waals surface area contributed by atoms with E-state index in [1.54, 1.807) is 30.3 Å². The van der Waals surface area contributed by atoms with E-state index in [-0.39, 0.29) is 158 Å². The minimum absolute atomic E-state index is 0. The molecule has 51 heavy (non-hydrogen) atoms. The Kier molecular flexibility index (Phi) is 16.6. The first-order valence-electron chi connectivity index (χ1n) is 13.2. The summed E-state index contributed by atoms with van der Waals surface area (Å²) >= 11 is 0. The molecule has 0 spiro atoms. The van der Waals surface area contributed by atoms with E-state index in [2.05, 4.69) is 37.0 Å². The molecular formula is C29H18N6Na4O9S3. The van der Waals surface area contributed by atoms with Crippen molar-refractivity contribution < 1.29 is 157 Å². The van der Waals surface area contributed by atoms with Gasteiger partial charge in [-0.1, -0.05) is 36.4 Å². The summed E-state index contributed by atoms with van der Waals surface area (Å²) in [4.78, 5) is 10.9. The molecule has 1 aromatic heterocycles. The van der Waals surface area contributed by atoms with Gasteiger partial charge in [-0.05, 0) is 58.1 Å². The summed E-state index contributed by atoms with van der Waals surface area (Å²) in [5.41, 5.74) is 1.27. The molecule has 0 bridgehead atoms. The molecule has 0 unspecified atom stereocenters. The largest absolute Gasteiger partial charge is 1.00 e. The minimum atomic E-state index is -5.15. The molecule has 22 heteroatoms. The van der Waals surface area contributed by atoms with Gasteiger partial charge in [-0.2, -0.15) is 33.2 Å². The van der Waals surface area contributed by atoms with Gasteiger partial charge in [0.2, 0.25) is 17.8 Å². The Morgan fingerprint density at radius 3 is 1.45 bits per heavy atom. The first kappa shape index (κ1) is 45.9. The van der Waals surface area contributed by atoms with E-state index in [0.717, 1.165) is 12.1 Å². The third-order valence-electron chi connectivity index (χ3n) is 6.66. The van der Waals surface area contributed by atoms with E-state index in [1.165, 1.54) is 36.4 Å². The summed E-state index contributed by atoms with van der Waals surface area (Å²) in [6, 6.07) is 24.1. The third kappa shape index (κ3) is 11.4. The number of aromatic nitrogens is 3. The van der Waals surface area contributed by atoms with E-state index in [1.807, 2.05) is 6.07 Å². The quantitative estimate of drug-likeness (QED) is 0.0701. The zero-order valence-electron chi connectivity index (χ0n) is 27.4. The molecule has 6 rings (SSSR count). The molecule has 1 heterocycles. The first-order valence-corrected chi connectivity index (χ1v) is 17.4. The first-order chi connectivity index (χ1) is 22.1. The second kappa shape index (κ2) is 18.4. The van der Waals surface area contributed by atoms with Crippen LogP contribution in [0.3, 0.4) is 0 Å². The van der Waals surface area contributed by atoms with Crippen LogP contribution in [0.2, 0.25) is 0 Å². The molecule has 0 aliphatic rings. The maximum atomic E-state index is 11.9. The van der Waals surface area contributed by atoms with Crippen LogP contribution in [-0.2, 0) is 30.4 Å². The summed E-state index contributed by atoms with van der Waals surface area (Å²) in [6.45, 7) is 0. The molecule has 0 amide bonds. The Bertz CT molecular complexity index is 2550. The average Bonchev–Trinajstić information content (AvgIpc) is 2.99. The number of rotatable bonds is 9. The summed E-state index contributed by atoms with van der Waals surface area (Å²) in [6.07, 6.45) is 0. The van der Waals surface area contributed by atoms with Crippen LogP contribution in [0.5, 0.6) is 0 Å². The van der Waals surface area contributed by atoms with Gasteiger partial charge in [-0.15, -0.1) is 10.8 Å². The fraction of sp³-hybridized carbons (Fsp3) is 0. The van der Waals surface area contributed by atoms with Crippen LogP contribution in [0, 0.1) is 6.07 Å². The Morgan fingerprint density at radius 2 is 0.961 bits per heavy atom. The Balaban J connectivity index is 0.00000225. The minimum Gasteiger partial charge on any atom is -0.754 e. The molecule has 0 radical (unpaired) electrons. The van der Waals surface area contributed by atoms with E-state index in [9.17, 15) is 38.9 Å². The van der Waals surface area contributed by atoms with Gasteiger partial charge in [0.1, 0.15) is 20.2 Å². The van der Waals surface area contributed by atoms with Crippen molar-refractivity contribution in [1.82, 2.24) is 15.0 Å². The van der Waals surface area contributed by atoms with Crippen LogP contribution in [-0.4, -0.2) is 53.9 Å². The van der Waals surface area contributed by atoms with Gasteiger partial charge in [0.25, 0.3) is 0 Å². The molecule has 15 nitrogen and oxygen atoms in total. The van der Waals surface area contributed by atoms with E-state index < -0.39 is 45.0 Å². The molecule has 0 aliphatic heterocycles. The predicted molar refractivity (Wildman–Crippen MR) is 167 cm³/mol. The van der Waals surface area contributed by atoms with Gasteiger partial charge < -0.3 is 29.6 Å². The maximum absolute atomic E-state index is 11.9. The zero-order valence-corrected chi connectivity index (χ0v) is 37.9. The van der Waals surface area contributed by atoms with Crippen LogP contribution in [0.4, 0.5) is 34.9 Å². The van der Waals surface area contributed by atoms with Crippen molar-refractivity contribution in [3.63, 3.8) is 0 Å². The smallest absolute Gasteiger partial charge is 0.754 e. The fourth-order valence-corrected chi connectivity index (χ4v) is 6.67. The number of benzene rings is 5. The van der Waals surface area contributed by atoms with Crippen molar-refractivity contribution in [2.75, 3.05) is 16.0 Å². The van der Waals surface area contributed by atoms with Crippen LogP contribution >= 0.6 is 0 Å². The van der Waals surface area contributed by atoms with Crippen molar-refractivity contribution in [3.8, 4) is 0 Å². The summed E-state index contributed by atoms with van der Waals surface area (Å²) in [5, 5.41) is 9.40. The molecular weight excluding hydrogens is 765 g/mol. The van der Waals surface area contributed by atoms with E-state index in [4.69, 9.17) is 0 Å². The number of nitrogens with one attached hydrogen (secondary N) is 3. The normalized spacial score (nSPS) is 11.3. The van der Waals surface area contributed by atoms with Gasteiger partial charge in [-0.25, -0.2) is 16.8 Å². The Hall–Kier alpha value is -1.24. The maximum Gasteiger partial charge on any atom is 1.00 e. The second-order valence-electron chi connectivity index (χ2n) is 9.89. The fourth-order valence-electron chi connectivity index (χ4n) is 4.67. The number of fused-ring (bicyclic) bond motifs is 2. The topological polar surface area (TPSA) is 246 Å². The van der Waals surface area contributed by atoms with Crippen LogP contribution in [0.1, 0.15) is 0 Å². The van der Waals surface area contributed by atoms with E-state index in [0.29, 0.717) is 22.8 Å². The summed E-state index contributed by atoms with van der Waals surface area (Å²) in [5.74, 6) is 0.0424. The zero-order chi connectivity index (χ0) is 33.6. The summed E-state index contributed by atoms with van der Waals surface area (Å²) < 4.78 is 106. The molecule has 0 saturated carbocycles. The Morgan fingerprint density at radius 1 is 0.490 bits per heavy atom. The third-order valence-corrected chi connectivity index (χ3v) is 9.23. The van der Waals surface area contributed by atoms with Gasteiger partial charge in [-0.3, -0.25) is 8.42 Å². The van der Waals surface area contributed by atoms with Gasteiger partial charge in [0.05, 0.1) is 19.9 Å². The van der Waals surface area contributed by atoms with Crippen molar-refractivity contribution >= 4 is 86.8 Å². The van der Waals surface area contributed by atoms with Gasteiger partial charge >= 0.3 is 118 Å². The molecule has 0 fully saturated rings. The van der Waals surface area contributed by atoms with Crippen molar-refractivity contribution in [3.05, 3.63) is 97.1 Å². The Labute approximate surface area is 381 Å². The van der Waals surface area contributed by atoms with Gasteiger partial charge in [0.15, 0.2) is 0 Å². The molecule has 5 aromatic carbocycles. The van der Waals surface area contributed by atoms with Crippen molar-refractivity contribution in [1.29, 1.82) is 0 Å². The standard InChI is InChI=1S/C29H21N6O9S3.4Na/c36-45(37,38)22-15-18-14-21(10-12-24(18)26(16-22)47(42,43)44)32-29-34-27(30-19-6-2-1-3-7-19)33-28(35-29)31-20-9-11-23-17(13-20)5-4-8-25(23)46(39,40)41;;;;/h1-3,5-16H,(H,36,37,38)(H,39,40,41)(H,42,43,44)(H3,30,31,32,33,34,35);;;;/q-1;4*+1/p-3. The SMILES string of the molecule is O=S(=O)([O-])c1cc(S(=O)(=O)[O-])c2ccc(Nc3nc(Nc4ccccc4)nc(Nc4ccc5c(S(=O)(=O)[O-])c[c-]cc5c4)n3)cc2c1.[Na+].[Na+].[Na+].[Na+]. The number of hydrogen-bond acceptors (Lipinski definition) is 15. The number of nitrogens with zero attached hydrogens (tertiary/aromatic N) is 3. The molecule has 240 valence electrons. The van der Waals surface area contributed by atoms with Crippen LogP contribution < -0.4 is 134 Å². The predicted octanol–water partition coefficient (Wildman–Crippen LogP) is -8.06. The number of hydrogen-bond donors (Lipinski definition) is 3. The van der Waals surface area contributed by atoms with Crippen LogP contribution in [0.15, 0.2) is 106 Å². The molecule has 0 aliphatic carbocycles. The average molecular weight is 783 g/mol. The number of anilines is 6. The molecule has 3 N–H and O–H groups in total. The second-order valence-corrected chi connectivity index (χ2v) is 14.0. The monoisotopic (exact) mass is 782 g/mol. The molecule has 0 atom stereocenters. The molecule has 6 aromatic rings. The number of para-hydroxylation sites is 1. The van der Waals surface area contributed by atoms with Gasteiger partial charge in [0, 0.05) is 17.1 Å². The molecule has 0 saturated heterocycles.